The van der Waals surface area contributed by atoms with Gasteiger partial charge in [0.2, 0.25) is 5.91 Å². The Labute approximate surface area is 160 Å². The van der Waals surface area contributed by atoms with Crippen LogP contribution < -0.4 is 10.1 Å². The molecule has 3 rings (SSSR count). The number of carboxylic acid groups (broad SMARTS) is 1. The molecule has 0 saturated heterocycles. The lowest BCUT2D eigenvalue weighted by Gasteiger charge is -2.23. The molecule has 0 radical (unpaired) electrons. The van der Waals surface area contributed by atoms with Gasteiger partial charge in [-0.05, 0) is 30.0 Å². The van der Waals surface area contributed by atoms with Crippen molar-refractivity contribution < 1.29 is 19.4 Å². The number of hydrogen-bond donors (Lipinski definition) is 2. The molecule has 0 bridgehead atoms. The first kappa shape index (κ1) is 18.7. The van der Waals surface area contributed by atoms with Crippen LogP contribution in [0.5, 0.6) is 5.75 Å². The lowest BCUT2D eigenvalue weighted by Crippen LogP contribution is -2.34. The predicted octanol–water partition coefficient (Wildman–Crippen LogP) is 3.24. The van der Waals surface area contributed by atoms with Crippen LogP contribution in [0, 0.1) is 11.3 Å². The molecule has 1 aromatic heterocycles. The van der Waals surface area contributed by atoms with Gasteiger partial charge in [0.15, 0.2) is 0 Å². The molecule has 140 valence electrons. The van der Waals surface area contributed by atoms with Crippen molar-refractivity contribution >= 4 is 28.3 Å². The minimum atomic E-state index is -0.977. The number of aryl methyl sites for hydroxylation is 1. The van der Waals surface area contributed by atoms with Crippen molar-refractivity contribution in [3.8, 4) is 11.8 Å². The van der Waals surface area contributed by atoms with Crippen LogP contribution in [0.3, 0.4) is 0 Å². The third-order valence-electron chi connectivity index (χ3n) is 4.51. The van der Waals surface area contributed by atoms with E-state index in [1.54, 1.807) is 7.11 Å². The van der Waals surface area contributed by atoms with Crippen LogP contribution in [-0.4, -0.2) is 35.7 Å². The molecule has 2 heterocycles. The highest BCUT2D eigenvalue weighted by atomic mass is 32.1. The molecule has 7 nitrogen and oxygen atoms in total. The van der Waals surface area contributed by atoms with Crippen molar-refractivity contribution in [1.82, 2.24) is 4.90 Å². The maximum atomic E-state index is 12.4. The Balaban J connectivity index is 1.70. The number of nitrogens with zero attached hydrogens (tertiary/aromatic N) is 2. The number of para-hydroxylation sites is 1. The minimum Gasteiger partial charge on any atom is -0.496 e. The van der Waals surface area contributed by atoms with Gasteiger partial charge in [-0.3, -0.25) is 4.79 Å². The maximum absolute atomic E-state index is 12.4. The molecule has 0 fully saturated rings. The molecule has 8 heteroatoms. The average molecular weight is 385 g/mol. The third kappa shape index (κ3) is 4.04. The first-order valence-corrected chi connectivity index (χ1v) is 9.29. The van der Waals surface area contributed by atoms with Gasteiger partial charge in [-0.2, -0.15) is 5.26 Å². The second kappa shape index (κ2) is 8.10. The highest BCUT2D eigenvalue weighted by Gasteiger charge is 2.27. The van der Waals surface area contributed by atoms with Gasteiger partial charge in [0.05, 0.1) is 19.2 Å². The number of rotatable bonds is 5. The van der Waals surface area contributed by atoms with Crippen molar-refractivity contribution in [3.05, 3.63) is 45.8 Å². The molecule has 2 amide bonds. The summed E-state index contributed by atoms with van der Waals surface area (Å²) < 4.78 is 5.29. The normalized spacial score (nSPS) is 12.8. The Hall–Kier alpha value is -3.05. The maximum Gasteiger partial charge on any atom is 0.407 e. The SMILES string of the molecule is COc1ccccc1CCC(=O)Nc1sc2c(c1C#N)CCN(C(=O)O)C2. The predicted molar refractivity (Wildman–Crippen MR) is 101 cm³/mol. The zero-order chi connectivity index (χ0) is 19.4. The Bertz CT molecular complexity index is 916. The fourth-order valence-electron chi connectivity index (χ4n) is 3.12. The topological polar surface area (TPSA) is 103 Å². The first-order valence-electron chi connectivity index (χ1n) is 8.47. The molecule has 0 saturated carbocycles. The van der Waals surface area contributed by atoms with Crippen molar-refractivity contribution in [2.24, 2.45) is 0 Å². The second-order valence-corrected chi connectivity index (χ2v) is 7.24. The number of hydrogen-bond acceptors (Lipinski definition) is 5. The van der Waals surface area contributed by atoms with Crippen LogP contribution >= 0.6 is 11.3 Å². The summed E-state index contributed by atoms with van der Waals surface area (Å²) in [6, 6.07) is 9.69. The van der Waals surface area contributed by atoms with Gasteiger partial charge < -0.3 is 20.1 Å². The highest BCUT2D eigenvalue weighted by molar-refractivity contribution is 7.16. The number of thiophene rings is 1. The number of benzene rings is 1. The number of carbonyl (C=O) groups excluding carboxylic acids is 1. The summed E-state index contributed by atoms with van der Waals surface area (Å²) in [5, 5.41) is 22.0. The molecule has 0 spiro atoms. The average Bonchev–Trinajstić information content (AvgIpc) is 3.02. The van der Waals surface area contributed by atoms with E-state index in [2.05, 4.69) is 11.4 Å². The number of amides is 2. The van der Waals surface area contributed by atoms with E-state index in [-0.39, 0.29) is 18.9 Å². The summed E-state index contributed by atoms with van der Waals surface area (Å²) in [7, 11) is 1.59. The number of anilines is 1. The van der Waals surface area contributed by atoms with Gasteiger partial charge in [0.1, 0.15) is 16.8 Å². The number of carbonyl (C=O) groups is 2. The zero-order valence-corrected chi connectivity index (χ0v) is 15.6. The number of nitriles is 1. The fourth-order valence-corrected chi connectivity index (χ4v) is 4.35. The number of methoxy groups -OCH3 is 1. The van der Waals surface area contributed by atoms with E-state index < -0.39 is 6.09 Å². The highest BCUT2D eigenvalue weighted by Crippen LogP contribution is 2.36. The summed E-state index contributed by atoms with van der Waals surface area (Å²) >= 11 is 1.28. The first-order chi connectivity index (χ1) is 13.0. The van der Waals surface area contributed by atoms with Gasteiger partial charge in [0.25, 0.3) is 0 Å². The van der Waals surface area contributed by atoms with E-state index in [4.69, 9.17) is 9.84 Å². The monoisotopic (exact) mass is 385 g/mol. The van der Waals surface area contributed by atoms with E-state index in [1.807, 2.05) is 24.3 Å². The summed E-state index contributed by atoms with van der Waals surface area (Å²) in [5.74, 6) is 0.550. The Morgan fingerprint density at radius 2 is 2.19 bits per heavy atom. The van der Waals surface area contributed by atoms with E-state index in [9.17, 15) is 14.9 Å². The quantitative estimate of drug-likeness (QED) is 0.822. The van der Waals surface area contributed by atoms with Crippen LogP contribution in [0.1, 0.15) is 28.0 Å². The molecule has 2 aromatic rings. The molecule has 2 N–H and O–H groups in total. The lowest BCUT2D eigenvalue weighted by molar-refractivity contribution is -0.116. The summed E-state index contributed by atoms with van der Waals surface area (Å²) in [6.45, 7) is 0.607. The molecule has 1 aliphatic heterocycles. The molecule has 1 aromatic carbocycles. The van der Waals surface area contributed by atoms with Crippen molar-refractivity contribution in [3.63, 3.8) is 0 Å². The third-order valence-corrected chi connectivity index (χ3v) is 5.64. The van der Waals surface area contributed by atoms with Crippen LogP contribution in [-0.2, 0) is 24.2 Å². The molecule has 0 aliphatic carbocycles. The van der Waals surface area contributed by atoms with Crippen molar-refractivity contribution in [1.29, 1.82) is 5.26 Å². The number of nitrogens with one attached hydrogen (secondary N) is 1. The molecule has 1 aliphatic rings. The largest absolute Gasteiger partial charge is 0.496 e. The van der Waals surface area contributed by atoms with Gasteiger partial charge in [-0.25, -0.2) is 4.79 Å². The number of ether oxygens (including phenoxy) is 1. The second-order valence-electron chi connectivity index (χ2n) is 6.13. The van der Waals surface area contributed by atoms with Crippen LogP contribution in [0.4, 0.5) is 9.80 Å². The summed E-state index contributed by atoms with van der Waals surface area (Å²) in [4.78, 5) is 25.7. The van der Waals surface area contributed by atoms with Gasteiger partial charge >= 0.3 is 6.09 Å². The van der Waals surface area contributed by atoms with Crippen LogP contribution in [0.2, 0.25) is 0 Å². The number of fused-ring (bicyclic) bond motifs is 1. The van der Waals surface area contributed by atoms with Crippen LogP contribution in [0.25, 0.3) is 0 Å². The Morgan fingerprint density at radius 1 is 1.41 bits per heavy atom. The van der Waals surface area contributed by atoms with Crippen molar-refractivity contribution in [2.75, 3.05) is 19.0 Å². The summed E-state index contributed by atoms with van der Waals surface area (Å²) in [5.41, 5.74) is 2.24. The molecular formula is C19H19N3O4S. The minimum absolute atomic E-state index is 0.189. The van der Waals surface area contributed by atoms with E-state index in [1.165, 1.54) is 16.2 Å². The van der Waals surface area contributed by atoms with E-state index >= 15 is 0 Å². The summed E-state index contributed by atoms with van der Waals surface area (Å²) in [6.07, 6.45) is 0.290. The van der Waals surface area contributed by atoms with E-state index in [0.29, 0.717) is 30.0 Å². The van der Waals surface area contributed by atoms with Gasteiger partial charge in [0, 0.05) is 17.8 Å². The Morgan fingerprint density at radius 3 is 2.89 bits per heavy atom. The van der Waals surface area contributed by atoms with Crippen LogP contribution in [0.15, 0.2) is 24.3 Å². The van der Waals surface area contributed by atoms with Gasteiger partial charge in [-0.1, -0.05) is 18.2 Å². The van der Waals surface area contributed by atoms with Crippen molar-refractivity contribution in [2.45, 2.75) is 25.8 Å². The standard InChI is InChI=1S/C19H19N3O4S/c1-26-15-5-3-2-4-12(15)6-7-17(23)21-18-14(10-20)13-8-9-22(19(24)25)11-16(13)27-18/h2-5H,6-9,11H2,1H3,(H,21,23)(H,24,25). The molecule has 27 heavy (non-hydrogen) atoms. The fraction of sp³-hybridized carbons (Fsp3) is 0.316. The van der Waals surface area contributed by atoms with E-state index in [0.717, 1.165) is 21.8 Å². The molecular weight excluding hydrogens is 366 g/mol. The molecule has 0 unspecified atom stereocenters. The Kier molecular flexibility index (Phi) is 5.62. The van der Waals surface area contributed by atoms with Gasteiger partial charge in [-0.15, -0.1) is 11.3 Å². The zero-order valence-electron chi connectivity index (χ0n) is 14.8. The lowest BCUT2D eigenvalue weighted by atomic mass is 10.0. The molecule has 0 atom stereocenters. The smallest absolute Gasteiger partial charge is 0.407 e.